The minimum absolute atomic E-state index is 0.00407. The van der Waals surface area contributed by atoms with Gasteiger partial charge < -0.3 is 25.4 Å². The van der Waals surface area contributed by atoms with Crippen molar-refractivity contribution < 1.29 is 24.5 Å². The highest BCUT2D eigenvalue weighted by atomic mass is 16.6. The lowest BCUT2D eigenvalue weighted by molar-refractivity contribution is -0.0184. The molecule has 0 radical (unpaired) electrons. The number of aliphatic hydroxyl groups excluding tert-OH is 2. The largest absolute Gasteiger partial charge is 0.447 e. The Bertz CT molecular complexity index is 141. The summed E-state index contributed by atoms with van der Waals surface area (Å²) in [5, 5.41) is 17.0. The molecule has 0 aliphatic carbocycles. The average Bonchev–Trinajstić information content (AvgIpc) is 2.09. The Kier molecular flexibility index (Phi) is 7.27. The smallest absolute Gasteiger partial charge is 0.404 e. The van der Waals surface area contributed by atoms with Crippen LogP contribution in [0.25, 0.3) is 0 Å². The summed E-state index contributed by atoms with van der Waals surface area (Å²) in [7, 11) is 0. The molecule has 1 unspecified atom stereocenters. The highest BCUT2D eigenvalue weighted by Gasteiger charge is 2.10. The SMILES string of the molecule is NC(=O)OCC(CCO)OCCO. The molecule has 0 spiro atoms. The van der Waals surface area contributed by atoms with Gasteiger partial charge in [0.05, 0.1) is 19.3 Å². The second-order valence-corrected chi connectivity index (χ2v) is 2.36. The van der Waals surface area contributed by atoms with E-state index in [1.54, 1.807) is 0 Å². The lowest BCUT2D eigenvalue weighted by Gasteiger charge is -2.15. The zero-order valence-electron chi connectivity index (χ0n) is 7.31. The summed E-state index contributed by atoms with van der Waals surface area (Å²) in [5.41, 5.74) is 4.74. The van der Waals surface area contributed by atoms with Crippen LogP contribution in [0.3, 0.4) is 0 Å². The highest BCUT2D eigenvalue weighted by Crippen LogP contribution is 1.98. The number of amides is 1. The number of primary amides is 1. The lowest BCUT2D eigenvalue weighted by atomic mass is 10.3. The second-order valence-electron chi connectivity index (χ2n) is 2.36. The van der Waals surface area contributed by atoms with Gasteiger partial charge in [-0.3, -0.25) is 0 Å². The van der Waals surface area contributed by atoms with Gasteiger partial charge in [-0.2, -0.15) is 0 Å². The van der Waals surface area contributed by atoms with Crippen molar-refractivity contribution in [3.63, 3.8) is 0 Å². The van der Waals surface area contributed by atoms with Gasteiger partial charge in [0.15, 0.2) is 0 Å². The first-order chi connectivity index (χ1) is 6.20. The maximum absolute atomic E-state index is 10.2. The number of hydrogen-bond donors (Lipinski definition) is 3. The van der Waals surface area contributed by atoms with Crippen molar-refractivity contribution in [3.8, 4) is 0 Å². The Morgan fingerprint density at radius 2 is 2.08 bits per heavy atom. The standard InChI is InChI=1S/C7H15NO5/c8-7(11)13-5-6(1-2-9)12-4-3-10/h6,9-10H,1-5H2,(H2,8,11). The van der Waals surface area contributed by atoms with E-state index in [2.05, 4.69) is 4.74 Å². The topological polar surface area (TPSA) is 102 Å². The molecular formula is C7H15NO5. The number of rotatable bonds is 7. The third-order valence-electron chi connectivity index (χ3n) is 1.31. The normalized spacial score (nSPS) is 12.5. The van der Waals surface area contributed by atoms with Crippen molar-refractivity contribution in [3.05, 3.63) is 0 Å². The number of carbonyl (C=O) groups is 1. The van der Waals surface area contributed by atoms with E-state index < -0.39 is 12.2 Å². The van der Waals surface area contributed by atoms with E-state index >= 15 is 0 Å². The molecule has 0 saturated carbocycles. The summed E-state index contributed by atoms with van der Waals surface area (Å²) in [5.74, 6) is 0. The Balaban J connectivity index is 3.59. The van der Waals surface area contributed by atoms with Crippen LogP contribution in [0.1, 0.15) is 6.42 Å². The van der Waals surface area contributed by atoms with Gasteiger partial charge in [0.1, 0.15) is 6.61 Å². The van der Waals surface area contributed by atoms with Crippen LogP contribution >= 0.6 is 0 Å². The van der Waals surface area contributed by atoms with Crippen LogP contribution in [-0.2, 0) is 9.47 Å². The van der Waals surface area contributed by atoms with Crippen LogP contribution in [0.5, 0.6) is 0 Å². The molecule has 0 aliphatic heterocycles. The molecule has 0 heterocycles. The fourth-order valence-corrected chi connectivity index (χ4v) is 0.753. The van der Waals surface area contributed by atoms with Gasteiger partial charge in [-0.1, -0.05) is 0 Å². The van der Waals surface area contributed by atoms with Gasteiger partial charge >= 0.3 is 6.09 Å². The molecule has 0 fully saturated rings. The van der Waals surface area contributed by atoms with E-state index in [-0.39, 0.29) is 26.4 Å². The molecule has 78 valence electrons. The molecule has 6 nitrogen and oxygen atoms in total. The first-order valence-corrected chi connectivity index (χ1v) is 3.96. The summed E-state index contributed by atoms with van der Waals surface area (Å²) in [6, 6.07) is 0. The van der Waals surface area contributed by atoms with Crippen LogP contribution in [0.4, 0.5) is 4.79 Å². The van der Waals surface area contributed by atoms with Crippen molar-refractivity contribution in [1.82, 2.24) is 0 Å². The minimum atomic E-state index is -0.879. The van der Waals surface area contributed by atoms with E-state index in [9.17, 15) is 4.79 Å². The molecule has 0 aromatic heterocycles. The maximum Gasteiger partial charge on any atom is 0.404 e. The Labute approximate surface area is 76.2 Å². The Morgan fingerprint density at radius 1 is 1.38 bits per heavy atom. The van der Waals surface area contributed by atoms with Crippen molar-refractivity contribution in [2.24, 2.45) is 5.73 Å². The van der Waals surface area contributed by atoms with E-state index in [1.807, 2.05) is 0 Å². The average molecular weight is 193 g/mol. The van der Waals surface area contributed by atoms with Gasteiger partial charge in [0.25, 0.3) is 0 Å². The molecule has 0 rings (SSSR count). The first-order valence-electron chi connectivity index (χ1n) is 3.96. The zero-order valence-corrected chi connectivity index (χ0v) is 7.31. The predicted molar refractivity (Wildman–Crippen MR) is 44.1 cm³/mol. The number of ether oxygens (including phenoxy) is 2. The number of hydrogen-bond acceptors (Lipinski definition) is 5. The minimum Gasteiger partial charge on any atom is -0.447 e. The molecule has 0 aromatic carbocycles. The Morgan fingerprint density at radius 3 is 2.54 bits per heavy atom. The van der Waals surface area contributed by atoms with E-state index in [1.165, 1.54) is 0 Å². The monoisotopic (exact) mass is 193 g/mol. The molecule has 0 bridgehead atoms. The van der Waals surface area contributed by atoms with E-state index in [0.717, 1.165) is 0 Å². The van der Waals surface area contributed by atoms with Crippen molar-refractivity contribution in [1.29, 1.82) is 0 Å². The summed E-state index contributed by atoms with van der Waals surface area (Å²) in [6.45, 7) is -0.0423. The van der Waals surface area contributed by atoms with Crippen LogP contribution in [-0.4, -0.2) is 48.8 Å². The molecule has 0 aliphatic rings. The zero-order chi connectivity index (χ0) is 10.1. The first kappa shape index (κ1) is 12.2. The van der Waals surface area contributed by atoms with Crippen molar-refractivity contribution >= 4 is 6.09 Å². The predicted octanol–water partition coefficient (Wildman–Crippen LogP) is -1.16. The molecule has 6 heteroatoms. The van der Waals surface area contributed by atoms with Crippen LogP contribution < -0.4 is 5.73 Å². The van der Waals surface area contributed by atoms with Gasteiger partial charge in [-0.15, -0.1) is 0 Å². The van der Waals surface area contributed by atoms with Crippen LogP contribution in [0.2, 0.25) is 0 Å². The van der Waals surface area contributed by atoms with Gasteiger partial charge in [0.2, 0.25) is 0 Å². The third-order valence-corrected chi connectivity index (χ3v) is 1.31. The molecule has 13 heavy (non-hydrogen) atoms. The van der Waals surface area contributed by atoms with Crippen molar-refractivity contribution in [2.75, 3.05) is 26.4 Å². The van der Waals surface area contributed by atoms with Gasteiger partial charge in [-0.05, 0) is 6.42 Å². The van der Waals surface area contributed by atoms with Crippen LogP contribution in [0, 0.1) is 0 Å². The van der Waals surface area contributed by atoms with Gasteiger partial charge in [0, 0.05) is 6.61 Å². The van der Waals surface area contributed by atoms with E-state index in [4.69, 9.17) is 20.7 Å². The summed E-state index contributed by atoms with van der Waals surface area (Å²) < 4.78 is 9.51. The highest BCUT2D eigenvalue weighted by molar-refractivity contribution is 5.64. The molecular weight excluding hydrogens is 178 g/mol. The maximum atomic E-state index is 10.2. The number of nitrogens with two attached hydrogens (primary N) is 1. The second kappa shape index (κ2) is 7.78. The van der Waals surface area contributed by atoms with E-state index in [0.29, 0.717) is 6.42 Å². The summed E-state index contributed by atoms with van der Waals surface area (Å²) >= 11 is 0. The number of carbonyl (C=O) groups excluding carboxylic acids is 1. The summed E-state index contributed by atoms with van der Waals surface area (Å²) in [6.07, 6.45) is -0.951. The third kappa shape index (κ3) is 7.51. The lowest BCUT2D eigenvalue weighted by Crippen LogP contribution is -2.26. The molecule has 0 aromatic rings. The van der Waals surface area contributed by atoms with Crippen LogP contribution in [0.15, 0.2) is 0 Å². The quantitative estimate of drug-likeness (QED) is 0.473. The fourth-order valence-electron chi connectivity index (χ4n) is 0.753. The summed E-state index contributed by atoms with van der Waals surface area (Å²) in [4.78, 5) is 10.2. The Hall–Kier alpha value is -0.850. The fraction of sp³-hybridized carbons (Fsp3) is 0.857. The van der Waals surface area contributed by atoms with Gasteiger partial charge in [-0.25, -0.2) is 4.79 Å². The molecule has 1 atom stereocenters. The molecule has 0 saturated heterocycles. The number of aliphatic hydroxyl groups is 2. The molecule has 1 amide bonds. The molecule has 4 N–H and O–H groups in total. The van der Waals surface area contributed by atoms with Crippen molar-refractivity contribution in [2.45, 2.75) is 12.5 Å².